The zero-order chi connectivity index (χ0) is 17.7. The van der Waals surface area contributed by atoms with Crippen LogP contribution in [0, 0.1) is 6.92 Å². The maximum atomic E-state index is 13.0. The van der Waals surface area contributed by atoms with E-state index in [0.717, 1.165) is 12.8 Å². The molecule has 2 aromatic rings. The van der Waals surface area contributed by atoms with E-state index < -0.39 is 10.0 Å². The van der Waals surface area contributed by atoms with Crippen molar-refractivity contribution in [3.05, 3.63) is 46.2 Å². The molecule has 24 heavy (non-hydrogen) atoms. The van der Waals surface area contributed by atoms with Gasteiger partial charge in [0.1, 0.15) is 0 Å². The Bertz CT molecular complexity index is 833. The lowest BCUT2D eigenvalue weighted by molar-refractivity contribution is 0.409. The fourth-order valence-electron chi connectivity index (χ4n) is 2.53. The van der Waals surface area contributed by atoms with Gasteiger partial charge in [-0.05, 0) is 37.5 Å². The molecular formula is C17H23N3O3S. The van der Waals surface area contributed by atoms with Gasteiger partial charge in [0.25, 0.3) is 5.56 Å². The van der Waals surface area contributed by atoms with E-state index in [4.69, 9.17) is 0 Å². The van der Waals surface area contributed by atoms with Crippen LogP contribution in [0.1, 0.15) is 32.3 Å². The zero-order valence-electron chi connectivity index (χ0n) is 14.2. The fourth-order valence-corrected chi connectivity index (χ4v) is 4.41. The minimum Gasteiger partial charge on any atom is -0.268 e. The van der Waals surface area contributed by atoms with Gasteiger partial charge in [-0.1, -0.05) is 26.0 Å². The van der Waals surface area contributed by atoms with Crippen LogP contribution in [0.15, 0.2) is 40.0 Å². The van der Waals surface area contributed by atoms with Gasteiger partial charge in [0.15, 0.2) is 0 Å². The molecule has 0 spiro atoms. The Morgan fingerprint density at radius 3 is 2.29 bits per heavy atom. The molecule has 0 unspecified atom stereocenters. The summed E-state index contributed by atoms with van der Waals surface area (Å²) in [6.45, 7) is 6.71. The van der Waals surface area contributed by atoms with Crippen molar-refractivity contribution in [3.63, 3.8) is 0 Å². The summed E-state index contributed by atoms with van der Waals surface area (Å²) in [7, 11) is -3.56. The maximum Gasteiger partial charge on any atom is 0.264 e. The number of hydrogen-bond donors (Lipinski definition) is 1. The highest BCUT2D eigenvalue weighted by Gasteiger charge is 2.25. The average Bonchev–Trinajstić information content (AvgIpc) is 2.56. The van der Waals surface area contributed by atoms with Crippen LogP contribution >= 0.6 is 0 Å². The highest BCUT2D eigenvalue weighted by atomic mass is 32.2. The molecule has 0 fully saturated rings. The summed E-state index contributed by atoms with van der Waals surface area (Å²) in [6, 6.07) is 8.15. The molecule has 6 nitrogen and oxygen atoms in total. The lowest BCUT2D eigenvalue weighted by Gasteiger charge is -2.22. The van der Waals surface area contributed by atoms with E-state index in [1.807, 2.05) is 13.8 Å². The molecule has 0 saturated carbocycles. The average molecular weight is 349 g/mol. The van der Waals surface area contributed by atoms with Crippen molar-refractivity contribution in [1.82, 2.24) is 14.5 Å². The first-order valence-corrected chi connectivity index (χ1v) is 9.51. The molecule has 1 aromatic carbocycles. The van der Waals surface area contributed by atoms with Gasteiger partial charge < -0.3 is 0 Å². The first kappa shape index (κ1) is 18.4. The summed E-state index contributed by atoms with van der Waals surface area (Å²) in [4.78, 5) is 11.4. The predicted octanol–water partition coefficient (Wildman–Crippen LogP) is 2.56. The Labute approximate surface area is 142 Å². The third-order valence-corrected chi connectivity index (χ3v) is 5.77. The van der Waals surface area contributed by atoms with Crippen molar-refractivity contribution in [2.24, 2.45) is 0 Å². The Morgan fingerprint density at radius 2 is 1.75 bits per heavy atom. The van der Waals surface area contributed by atoms with Crippen molar-refractivity contribution in [2.45, 2.75) is 38.5 Å². The Hall–Kier alpha value is -1.99. The van der Waals surface area contributed by atoms with Crippen molar-refractivity contribution in [3.8, 4) is 11.3 Å². The van der Waals surface area contributed by atoms with E-state index >= 15 is 0 Å². The first-order chi connectivity index (χ1) is 11.4. The number of rotatable bonds is 7. The van der Waals surface area contributed by atoms with Crippen LogP contribution in [0.2, 0.25) is 0 Å². The topological polar surface area (TPSA) is 83.1 Å². The van der Waals surface area contributed by atoms with Gasteiger partial charge in [-0.25, -0.2) is 13.5 Å². The van der Waals surface area contributed by atoms with Gasteiger partial charge in [-0.2, -0.15) is 9.40 Å². The monoisotopic (exact) mass is 349 g/mol. The normalized spacial score (nSPS) is 11.8. The fraction of sp³-hybridized carbons (Fsp3) is 0.412. The molecule has 2 rings (SSSR count). The molecule has 0 bridgehead atoms. The molecule has 130 valence electrons. The van der Waals surface area contributed by atoms with Crippen LogP contribution in [0.3, 0.4) is 0 Å². The second-order valence-electron chi connectivity index (χ2n) is 5.69. The second-order valence-corrected chi connectivity index (χ2v) is 7.60. The standard InChI is InChI=1S/C17H23N3O3S/c1-4-10-20(11-5-2)24(22,23)16-12-14(7-6-13(16)3)15-8-9-17(21)19-18-15/h6-9,12H,4-5,10-11H2,1-3H3,(H,19,21). The van der Waals surface area contributed by atoms with E-state index in [9.17, 15) is 13.2 Å². The van der Waals surface area contributed by atoms with E-state index in [2.05, 4.69) is 10.2 Å². The molecule has 1 heterocycles. The molecule has 0 amide bonds. The smallest absolute Gasteiger partial charge is 0.264 e. The van der Waals surface area contributed by atoms with E-state index in [-0.39, 0.29) is 10.5 Å². The van der Waals surface area contributed by atoms with Crippen LogP contribution in [0.25, 0.3) is 11.3 Å². The minimum absolute atomic E-state index is 0.287. The van der Waals surface area contributed by atoms with Crippen molar-refractivity contribution in [1.29, 1.82) is 0 Å². The highest BCUT2D eigenvalue weighted by Crippen LogP contribution is 2.26. The molecule has 0 aliphatic carbocycles. The predicted molar refractivity (Wildman–Crippen MR) is 94.4 cm³/mol. The third-order valence-electron chi connectivity index (χ3n) is 3.73. The van der Waals surface area contributed by atoms with Gasteiger partial charge >= 0.3 is 0 Å². The number of hydrogen-bond acceptors (Lipinski definition) is 4. The number of nitrogens with zero attached hydrogens (tertiary/aromatic N) is 2. The van der Waals surface area contributed by atoms with Crippen LogP contribution in [0.5, 0.6) is 0 Å². The molecule has 0 saturated heterocycles. The summed E-state index contributed by atoms with van der Waals surface area (Å²) >= 11 is 0. The quantitative estimate of drug-likeness (QED) is 0.833. The number of aromatic nitrogens is 2. The summed E-state index contributed by atoms with van der Waals surface area (Å²) in [5.41, 5.74) is 1.59. The summed E-state index contributed by atoms with van der Waals surface area (Å²) in [6.07, 6.45) is 1.53. The summed E-state index contributed by atoms with van der Waals surface area (Å²) < 4.78 is 27.6. The SMILES string of the molecule is CCCN(CCC)S(=O)(=O)c1cc(-c2ccc(=O)[nH]n2)ccc1C. The summed E-state index contributed by atoms with van der Waals surface area (Å²) in [5.74, 6) is 0. The number of nitrogens with one attached hydrogen (secondary N) is 1. The highest BCUT2D eigenvalue weighted by molar-refractivity contribution is 7.89. The van der Waals surface area contributed by atoms with Crippen molar-refractivity contribution in [2.75, 3.05) is 13.1 Å². The number of benzene rings is 1. The number of H-pyrrole nitrogens is 1. The Morgan fingerprint density at radius 1 is 1.08 bits per heavy atom. The maximum absolute atomic E-state index is 13.0. The van der Waals surface area contributed by atoms with Crippen LogP contribution in [0.4, 0.5) is 0 Å². The molecule has 0 radical (unpaired) electrons. The molecule has 0 atom stereocenters. The van der Waals surface area contributed by atoms with Gasteiger partial charge in [0.05, 0.1) is 10.6 Å². The van der Waals surface area contributed by atoms with E-state index in [1.165, 1.54) is 10.4 Å². The minimum atomic E-state index is -3.56. The van der Waals surface area contributed by atoms with E-state index in [0.29, 0.717) is 29.9 Å². The van der Waals surface area contributed by atoms with Gasteiger partial charge in [0, 0.05) is 24.7 Å². The zero-order valence-corrected chi connectivity index (χ0v) is 15.1. The van der Waals surface area contributed by atoms with Crippen LogP contribution in [-0.4, -0.2) is 36.0 Å². The molecular weight excluding hydrogens is 326 g/mol. The third kappa shape index (κ3) is 3.91. The van der Waals surface area contributed by atoms with Gasteiger partial charge in [-0.3, -0.25) is 4.79 Å². The molecule has 0 aliphatic rings. The van der Waals surface area contributed by atoms with Crippen LogP contribution < -0.4 is 5.56 Å². The molecule has 1 aromatic heterocycles. The van der Waals surface area contributed by atoms with Crippen molar-refractivity contribution >= 4 is 10.0 Å². The van der Waals surface area contributed by atoms with E-state index in [1.54, 1.807) is 31.2 Å². The number of aryl methyl sites for hydroxylation is 1. The lowest BCUT2D eigenvalue weighted by Crippen LogP contribution is -2.33. The van der Waals surface area contributed by atoms with Gasteiger partial charge in [-0.15, -0.1) is 0 Å². The number of sulfonamides is 1. The largest absolute Gasteiger partial charge is 0.268 e. The first-order valence-electron chi connectivity index (χ1n) is 8.07. The lowest BCUT2D eigenvalue weighted by atomic mass is 10.1. The molecule has 7 heteroatoms. The van der Waals surface area contributed by atoms with Crippen molar-refractivity contribution < 1.29 is 8.42 Å². The van der Waals surface area contributed by atoms with Crippen LogP contribution in [-0.2, 0) is 10.0 Å². The molecule has 1 N–H and O–H groups in total. The summed E-state index contributed by atoms with van der Waals surface area (Å²) in [5, 5.41) is 6.34. The Kier molecular flexibility index (Phi) is 5.90. The molecule has 0 aliphatic heterocycles. The van der Waals surface area contributed by atoms with Gasteiger partial charge in [0.2, 0.25) is 10.0 Å². The number of aromatic amines is 1. The second kappa shape index (κ2) is 7.72. The Balaban J connectivity index is 2.51.